The number of nitrogens with one attached hydrogen (secondary N) is 3. The highest BCUT2D eigenvalue weighted by atomic mass is 16.2. The number of rotatable bonds is 9. The number of imidazole rings is 1. The molecule has 0 radical (unpaired) electrons. The van der Waals surface area contributed by atoms with E-state index in [4.69, 9.17) is 0 Å². The molecule has 3 aromatic rings. The van der Waals surface area contributed by atoms with E-state index in [9.17, 15) is 14.4 Å². The molecule has 0 unspecified atom stereocenters. The van der Waals surface area contributed by atoms with E-state index in [1.807, 2.05) is 54.6 Å². The summed E-state index contributed by atoms with van der Waals surface area (Å²) in [5.74, 6) is 0.272. The van der Waals surface area contributed by atoms with Crippen molar-refractivity contribution in [2.75, 3.05) is 13.1 Å². The average molecular weight is 419 g/mol. The maximum atomic E-state index is 12.5. The highest BCUT2D eigenvalue weighted by Crippen LogP contribution is 2.12. The molecule has 1 fully saturated rings. The maximum absolute atomic E-state index is 12.5. The highest BCUT2D eigenvalue weighted by molar-refractivity contribution is 6.05. The predicted octanol–water partition coefficient (Wildman–Crippen LogP) is 2.16. The lowest BCUT2D eigenvalue weighted by Crippen LogP contribution is -2.37. The van der Waals surface area contributed by atoms with Gasteiger partial charge in [-0.15, -0.1) is 0 Å². The van der Waals surface area contributed by atoms with E-state index in [0.717, 1.165) is 28.8 Å². The number of fused-ring (bicyclic) bond motifs is 1. The van der Waals surface area contributed by atoms with E-state index in [1.165, 1.54) is 4.90 Å². The van der Waals surface area contributed by atoms with Crippen LogP contribution in [0.4, 0.5) is 4.79 Å². The molecule has 4 amide bonds. The van der Waals surface area contributed by atoms with E-state index in [2.05, 4.69) is 20.6 Å². The smallest absolute Gasteiger partial charge is 0.324 e. The van der Waals surface area contributed by atoms with Gasteiger partial charge in [0.2, 0.25) is 5.91 Å². The zero-order valence-electron chi connectivity index (χ0n) is 17.1. The zero-order valence-corrected chi connectivity index (χ0v) is 17.1. The van der Waals surface area contributed by atoms with E-state index < -0.39 is 12.1 Å². The summed E-state index contributed by atoms with van der Waals surface area (Å²) in [6, 6.07) is 16.2. The first-order chi connectivity index (χ1) is 15.1. The number of nitrogens with zero attached hydrogens (tertiary/aromatic N) is 2. The van der Waals surface area contributed by atoms with Crippen LogP contribution in [0.2, 0.25) is 0 Å². The zero-order chi connectivity index (χ0) is 21.6. The number of carbonyl (C=O) groups excluding carboxylic acids is 3. The Morgan fingerprint density at radius 1 is 1.03 bits per heavy atom. The van der Waals surface area contributed by atoms with Crippen LogP contribution < -0.4 is 10.6 Å². The number of hydrogen-bond donors (Lipinski definition) is 3. The number of aryl methyl sites for hydroxylation is 1. The number of H-pyrrole nitrogens is 1. The third-order valence-electron chi connectivity index (χ3n) is 5.31. The fourth-order valence-electron chi connectivity index (χ4n) is 3.68. The van der Waals surface area contributed by atoms with E-state index in [1.54, 1.807) is 0 Å². The molecule has 3 N–H and O–H groups in total. The summed E-state index contributed by atoms with van der Waals surface area (Å²) >= 11 is 0. The van der Waals surface area contributed by atoms with Crippen LogP contribution in [0.1, 0.15) is 24.2 Å². The van der Waals surface area contributed by atoms with Crippen molar-refractivity contribution in [3.05, 3.63) is 66.0 Å². The molecule has 0 saturated carbocycles. The number of carbonyl (C=O) groups is 3. The second-order valence-electron chi connectivity index (χ2n) is 7.59. The molecule has 0 bridgehead atoms. The largest absolute Gasteiger partial charge is 0.356 e. The van der Waals surface area contributed by atoms with Gasteiger partial charge in [0, 0.05) is 19.5 Å². The molecule has 31 heavy (non-hydrogen) atoms. The summed E-state index contributed by atoms with van der Waals surface area (Å²) in [6.07, 6.45) is 1.96. The maximum Gasteiger partial charge on any atom is 0.324 e. The summed E-state index contributed by atoms with van der Waals surface area (Å²) in [6.45, 7) is 0.771. The van der Waals surface area contributed by atoms with Gasteiger partial charge < -0.3 is 15.6 Å². The van der Waals surface area contributed by atoms with Crippen molar-refractivity contribution in [2.45, 2.75) is 31.7 Å². The number of amides is 4. The Balaban J connectivity index is 1.19. The van der Waals surface area contributed by atoms with Gasteiger partial charge in [-0.25, -0.2) is 9.78 Å². The standard InChI is InChI=1S/C23H25N5O3/c29-21(24-13-6-11-20-25-17-9-4-5-10-18(17)26-20)15-19-22(30)28(23(31)27-19)14-12-16-7-2-1-3-8-16/h1-5,7-10,19H,6,11-15H2,(H,24,29)(H,25,26)(H,27,31)/t19-/m0/s1. The molecule has 4 rings (SSSR count). The summed E-state index contributed by atoms with van der Waals surface area (Å²) < 4.78 is 0. The molecular weight excluding hydrogens is 394 g/mol. The monoisotopic (exact) mass is 419 g/mol. The van der Waals surface area contributed by atoms with Gasteiger partial charge >= 0.3 is 6.03 Å². The summed E-state index contributed by atoms with van der Waals surface area (Å²) in [7, 11) is 0. The molecule has 8 heteroatoms. The lowest BCUT2D eigenvalue weighted by atomic mass is 10.1. The van der Waals surface area contributed by atoms with Crippen molar-refractivity contribution in [3.8, 4) is 0 Å². The molecule has 0 aliphatic carbocycles. The normalized spacial score (nSPS) is 16.0. The van der Waals surface area contributed by atoms with E-state index in [-0.39, 0.29) is 18.2 Å². The predicted molar refractivity (Wildman–Crippen MR) is 116 cm³/mol. The van der Waals surface area contributed by atoms with E-state index >= 15 is 0 Å². The van der Waals surface area contributed by atoms with E-state index in [0.29, 0.717) is 25.9 Å². The van der Waals surface area contributed by atoms with Gasteiger partial charge in [0.15, 0.2) is 0 Å². The van der Waals surface area contributed by atoms with Crippen LogP contribution in [0.5, 0.6) is 0 Å². The SMILES string of the molecule is O=C(C[C@@H]1NC(=O)N(CCc2ccccc2)C1=O)NCCCc1nc2ccccc2[nH]1. The Kier molecular flexibility index (Phi) is 6.26. The second kappa shape index (κ2) is 9.42. The lowest BCUT2D eigenvalue weighted by Gasteiger charge is -2.13. The molecule has 1 atom stereocenters. The Hall–Kier alpha value is -3.68. The number of benzene rings is 2. The molecule has 1 aliphatic heterocycles. The van der Waals surface area contributed by atoms with Gasteiger partial charge in [0.25, 0.3) is 5.91 Å². The average Bonchev–Trinajstić information content (AvgIpc) is 3.30. The fourth-order valence-corrected chi connectivity index (χ4v) is 3.68. The first-order valence-corrected chi connectivity index (χ1v) is 10.5. The van der Waals surface area contributed by atoms with Crippen LogP contribution in [-0.2, 0) is 22.4 Å². The summed E-state index contributed by atoms with van der Waals surface area (Å²) in [4.78, 5) is 45.9. The van der Waals surface area contributed by atoms with Crippen molar-refractivity contribution in [1.29, 1.82) is 0 Å². The molecule has 0 spiro atoms. The van der Waals surface area contributed by atoms with Gasteiger partial charge in [-0.3, -0.25) is 14.5 Å². The minimum atomic E-state index is -0.807. The van der Waals surface area contributed by atoms with Gasteiger partial charge in [-0.1, -0.05) is 42.5 Å². The molecule has 2 heterocycles. The van der Waals surface area contributed by atoms with Crippen LogP contribution in [-0.4, -0.2) is 51.8 Å². The number of imide groups is 1. The number of hydrogen-bond acceptors (Lipinski definition) is 4. The van der Waals surface area contributed by atoms with Crippen molar-refractivity contribution >= 4 is 28.9 Å². The van der Waals surface area contributed by atoms with Gasteiger partial charge in [-0.2, -0.15) is 0 Å². The van der Waals surface area contributed by atoms with Gasteiger partial charge in [0.1, 0.15) is 11.9 Å². The van der Waals surface area contributed by atoms with Crippen LogP contribution >= 0.6 is 0 Å². The molecular formula is C23H25N5O3. The van der Waals surface area contributed by atoms with Crippen molar-refractivity contribution in [2.24, 2.45) is 0 Å². The van der Waals surface area contributed by atoms with Crippen LogP contribution in [0, 0.1) is 0 Å². The summed E-state index contributed by atoms with van der Waals surface area (Å²) in [5, 5.41) is 5.43. The number of aromatic nitrogens is 2. The van der Waals surface area contributed by atoms with Gasteiger partial charge in [-0.05, 0) is 30.5 Å². The van der Waals surface area contributed by atoms with Crippen molar-refractivity contribution in [1.82, 2.24) is 25.5 Å². The van der Waals surface area contributed by atoms with Crippen LogP contribution in [0.25, 0.3) is 11.0 Å². The first kappa shape index (κ1) is 20.6. The van der Waals surface area contributed by atoms with Crippen LogP contribution in [0.3, 0.4) is 0 Å². The highest BCUT2D eigenvalue weighted by Gasteiger charge is 2.38. The number of urea groups is 1. The van der Waals surface area contributed by atoms with Crippen molar-refractivity contribution < 1.29 is 14.4 Å². The second-order valence-corrected chi connectivity index (χ2v) is 7.59. The third kappa shape index (κ3) is 5.09. The Morgan fingerprint density at radius 3 is 2.61 bits per heavy atom. The minimum Gasteiger partial charge on any atom is -0.356 e. The molecule has 160 valence electrons. The third-order valence-corrected chi connectivity index (χ3v) is 5.31. The molecule has 1 saturated heterocycles. The molecule has 1 aromatic heterocycles. The number of para-hydroxylation sites is 2. The van der Waals surface area contributed by atoms with Crippen LogP contribution in [0.15, 0.2) is 54.6 Å². The quantitative estimate of drug-likeness (QED) is 0.365. The molecule has 8 nitrogen and oxygen atoms in total. The van der Waals surface area contributed by atoms with Gasteiger partial charge in [0.05, 0.1) is 17.5 Å². The Labute approximate surface area is 180 Å². The minimum absolute atomic E-state index is 0.0585. The lowest BCUT2D eigenvalue weighted by molar-refractivity contribution is -0.130. The van der Waals surface area contributed by atoms with Crippen molar-refractivity contribution in [3.63, 3.8) is 0 Å². The Bertz CT molecular complexity index is 1050. The fraction of sp³-hybridized carbons (Fsp3) is 0.304. The topological polar surface area (TPSA) is 107 Å². The Morgan fingerprint density at radius 2 is 1.81 bits per heavy atom. The number of aromatic amines is 1. The molecule has 2 aromatic carbocycles. The summed E-state index contributed by atoms with van der Waals surface area (Å²) in [5.41, 5.74) is 2.97. The molecule has 1 aliphatic rings. The first-order valence-electron chi connectivity index (χ1n) is 10.5.